The molecule has 100 valence electrons. The minimum Gasteiger partial charge on any atom is -0.363 e. The Kier molecular flexibility index (Phi) is 4.39. The first-order valence-corrected chi connectivity index (χ1v) is 6.93. The molecular weight excluding hydrogens is 262 g/mol. The molecule has 1 aromatic rings. The average molecular weight is 275 g/mol. The second-order valence-electron chi connectivity index (χ2n) is 3.52. The molecule has 0 unspecified atom stereocenters. The molecule has 0 atom stereocenters. The van der Waals surface area contributed by atoms with Gasteiger partial charge < -0.3 is 10.7 Å². The van der Waals surface area contributed by atoms with Crippen molar-refractivity contribution >= 4 is 27.2 Å². The van der Waals surface area contributed by atoms with Crippen molar-refractivity contribution in [2.24, 2.45) is 5.84 Å². The molecule has 4 N–H and O–H groups in total. The number of nitrogens with zero attached hydrogens (tertiary/aromatic N) is 2. The number of nitro groups is 1. The van der Waals surface area contributed by atoms with Gasteiger partial charge in [0.25, 0.3) is 0 Å². The van der Waals surface area contributed by atoms with Gasteiger partial charge in [0, 0.05) is 18.9 Å². The van der Waals surface area contributed by atoms with Gasteiger partial charge in [-0.15, -0.1) is 0 Å². The zero-order chi connectivity index (χ0) is 13.8. The van der Waals surface area contributed by atoms with Gasteiger partial charge in [0.2, 0.25) is 5.82 Å². The van der Waals surface area contributed by atoms with Crippen LogP contribution in [0.25, 0.3) is 0 Å². The zero-order valence-corrected chi connectivity index (χ0v) is 10.4. The predicted molar refractivity (Wildman–Crippen MR) is 66.9 cm³/mol. The smallest absolute Gasteiger partial charge is 0.311 e. The predicted octanol–water partition coefficient (Wildman–Crippen LogP) is -0.268. The molecule has 18 heavy (non-hydrogen) atoms. The van der Waals surface area contributed by atoms with E-state index in [1.807, 2.05) is 0 Å². The first kappa shape index (κ1) is 14.1. The van der Waals surface area contributed by atoms with E-state index in [9.17, 15) is 18.5 Å². The number of pyridine rings is 1. The Morgan fingerprint density at radius 1 is 1.50 bits per heavy atom. The monoisotopic (exact) mass is 275 g/mol. The summed E-state index contributed by atoms with van der Waals surface area (Å²) >= 11 is 0. The highest BCUT2D eigenvalue weighted by Gasteiger charge is 2.16. The van der Waals surface area contributed by atoms with Crippen molar-refractivity contribution in [3.05, 3.63) is 22.2 Å². The van der Waals surface area contributed by atoms with E-state index >= 15 is 0 Å². The van der Waals surface area contributed by atoms with Gasteiger partial charge in [0.15, 0.2) is 0 Å². The molecule has 10 heteroatoms. The van der Waals surface area contributed by atoms with Crippen LogP contribution in [0.3, 0.4) is 0 Å². The van der Waals surface area contributed by atoms with Crippen molar-refractivity contribution in [1.29, 1.82) is 0 Å². The van der Waals surface area contributed by atoms with Crippen molar-refractivity contribution in [3.63, 3.8) is 0 Å². The third-order valence-electron chi connectivity index (χ3n) is 1.98. The maximum atomic E-state index is 10.9. The van der Waals surface area contributed by atoms with Crippen LogP contribution in [0.1, 0.15) is 0 Å². The third-order valence-corrected chi connectivity index (χ3v) is 2.93. The fourth-order valence-corrected chi connectivity index (χ4v) is 1.64. The van der Waals surface area contributed by atoms with E-state index < -0.39 is 14.8 Å². The van der Waals surface area contributed by atoms with Crippen molar-refractivity contribution in [2.75, 3.05) is 29.3 Å². The molecule has 0 amide bonds. The first-order valence-electron chi connectivity index (χ1n) is 4.87. The highest BCUT2D eigenvalue weighted by molar-refractivity contribution is 7.90. The first-order chi connectivity index (χ1) is 8.33. The molecule has 1 aromatic heterocycles. The molecule has 0 saturated heterocycles. The fraction of sp³-hybridized carbons (Fsp3) is 0.375. The summed E-state index contributed by atoms with van der Waals surface area (Å²) in [5, 5.41) is 13.3. The normalized spacial score (nSPS) is 11.0. The van der Waals surface area contributed by atoms with E-state index in [0.29, 0.717) is 0 Å². The number of hydrogen-bond acceptors (Lipinski definition) is 8. The number of sulfone groups is 1. The molecule has 0 aliphatic heterocycles. The van der Waals surface area contributed by atoms with Crippen molar-refractivity contribution in [2.45, 2.75) is 0 Å². The van der Waals surface area contributed by atoms with Crippen LogP contribution >= 0.6 is 0 Å². The fourth-order valence-electron chi connectivity index (χ4n) is 1.16. The van der Waals surface area contributed by atoms with Crippen LogP contribution in [0.2, 0.25) is 0 Å². The van der Waals surface area contributed by atoms with Crippen LogP contribution in [-0.4, -0.2) is 36.9 Å². The van der Waals surface area contributed by atoms with E-state index in [-0.39, 0.29) is 29.6 Å². The minimum atomic E-state index is -3.14. The van der Waals surface area contributed by atoms with Gasteiger partial charge in [-0.2, -0.15) is 0 Å². The molecule has 0 saturated carbocycles. The van der Waals surface area contributed by atoms with Gasteiger partial charge in [0.1, 0.15) is 15.7 Å². The van der Waals surface area contributed by atoms with Crippen LogP contribution < -0.4 is 16.6 Å². The Bertz CT molecular complexity index is 544. The Morgan fingerprint density at radius 3 is 2.67 bits per heavy atom. The summed E-state index contributed by atoms with van der Waals surface area (Å²) in [5.74, 6) is 5.20. The lowest BCUT2D eigenvalue weighted by molar-refractivity contribution is -0.384. The van der Waals surface area contributed by atoms with E-state index in [1.165, 1.54) is 12.1 Å². The summed E-state index contributed by atoms with van der Waals surface area (Å²) in [6.07, 6.45) is 1.08. The average Bonchev–Trinajstić information content (AvgIpc) is 2.26. The minimum absolute atomic E-state index is 0.0285. The zero-order valence-electron chi connectivity index (χ0n) is 9.58. The molecular formula is C8H13N5O4S. The summed E-state index contributed by atoms with van der Waals surface area (Å²) in [6.45, 7) is 0.0285. The molecule has 9 nitrogen and oxygen atoms in total. The van der Waals surface area contributed by atoms with Gasteiger partial charge in [-0.3, -0.25) is 10.1 Å². The Balaban J connectivity index is 2.87. The summed E-state index contributed by atoms with van der Waals surface area (Å²) in [4.78, 5) is 14.0. The number of nitrogens with one attached hydrogen (secondary N) is 2. The topological polar surface area (TPSA) is 140 Å². The summed E-state index contributed by atoms with van der Waals surface area (Å²) in [5.41, 5.74) is 2.00. The quantitative estimate of drug-likeness (QED) is 0.366. The number of anilines is 2. The third kappa shape index (κ3) is 4.14. The second-order valence-corrected chi connectivity index (χ2v) is 5.78. The Hall–Kier alpha value is -1.94. The van der Waals surface area contributed by atoms with Crippen molar-refractivity contribution in [3.8, 4) is 0 Å². The lowest BCUT2D eigenvalue weighted by atomic mass is 10.3. The summed E-state index contributed by atoms with van der Waals surface area (Å²) in [6, 6.07) is 2.57. The maximum absolute atomic E-state index is 10.9. The standard InChI is InChI=1S/C8H13N5O4S/c1-18(16,17)5-4-10-8-6(13(14)15)2-3-7(11-8)12-9/h2-3H,4-5,9H2,1H3,(H2,10,11,12). The highest BCUT2D eigenvalue weighted by atomic mass is 32.2. The Labute approximate surface area is 103 Å². The maximum Gasteiger partial charge on any atom is 0.311 e. The molecule has 0 radical (unpaired) electrons. The van der Waals surface area contributed by atoms with Crippen LogP contribution in [0.4, 0.5) is 17.3 Å². The SMILES string of the molecule is CS(=O)(=O)CCNc1nc(NN)ccc1[N+](=O)[O-]. The summed E-state index contributed by atoms with van der Waals surface area (Å²) < 4.78 is 21.9. The van der Waals surface area contributed by atoms with Crippen LogP contribution in [0, 0.1) is 10.1 Å². The number of hydrogen-bond donors (Lipinski definition) is 3. The van der Waals surface area contributed by atoms with Gasteiger partial charge in [0.05, 0.1) is 10.7 Å². The second kappa shape index (κ2) is 5.60. The van der Waals surface area contributed by atoms with Gasteiger partial charge in [-0.05, 0) is 6.07 Å². The number of nitrogens with two attached hydrogens (primary N) is 1. The number of nitrogen functional groups attached to an aromatic ring is 1. The Morgan fingerprint density at radius 2 is 2.17 bits per heavy atom. The van der Waals surface area contributed by atoms with Crippen LogP contribution in [0.5, 0.6) is 0 Å². The van der Waals surface area contributed by atoms with Crippen molar-refractivity contribution in [1.82, 2.24) is 4.98 Å². The molecule has 0 spiro atoms. The molecule has 0 aliphatic carbocycles. The van der Waals surface area contributed by atoms with Gasteiger partial charge >= 0.3 is 5.69 Å². The van der Waals surface area contributed by atoms with Gasteiger partial charge in [-0.1, -0.05) is 0 Å². The van der Waals surface area contributed by atoms with Gasteiger partial charge in [-0.25, -0.2) is 19.2 Å². The largest absolute Gasteiger partial charge is 0.363 e. The molecule has 1 heterocycles. The molecule has 0 aromatic carbocycles. The van der Waals surface area contributed by atoms with E-state index in [1.54, 1.807) is 0 Å². The van der Waals surface area contributed by atoms with Crippen LogP contribution in [0.15, 0.2) is 12.1 Å². The molecule has 0 bridgehead atoms. The van der Waals surface area contributed by atoms with E-state index in [4.69, 9.17) is 5.84 Å². The lowest BCUT2D eigenvalue weighted by Crippen LogP contribution is -2.16. The summed E-state index contributed by atoms with van der Waals surface area (Å²) in [7, 11) is -3.14. The van der Waals surface area contributed by atoms with E-state index in [0.717, 1.165) is 6.26 Å². The number of rotatable bonds is 6. The number of hydrazine groups is 1. The molecule has 1 rings (SSSR count). The van der Waals surface area contributed by atoms with Crippen molar-refractivity contribution < 1.29 is 13.3 Å². The molecule has 0 aliphatic rings. The number of aromatic nitrogens is 1. The lowest BCUT2D eigenvalue weighted by Gasteiger charge is -2.07. The van der Waals surface area contributed by atoms with E-state index in [2.05, 4.69) is 15.7 Å². The van der Waals surface area contributed by atoms with Crippen LogP contribution in [-0.2, 0) is 9.84 Å². The highest BCUT2D eigenvalue weighted by Crippen LogP contribution is 2.23. The molecule has 0 fully saturated rings.